The summed E-state index contributed by atoms with van der Waals surface area (Å²) < 4.78 is 12.8. The van der Waals surface area contributed by atoms with Crippen LogP contribution in [-0.2, 0) is 9.05 Å². The zero-order valence-corrected chi connectivity index (χ0v) is 10.2. The molecular formula is C10H14N3O2P. The summed E-state index contributed by atoms with van der Waals surface area (Å²) in [6.45, 7) is 5.07. The van der Waals surface area contributed by atoms with E-state index in [1.807, 2.05) is 38.1 Å². The van der Waals surface area contributed by atoms with Gasteiger partial charge in [-0.2, -0.15) is 4.45 Å². The van der Waals surface area contributed by atoms with Crippen molar-refractivity contribution < 1.29 is 9.05 Å². The highest BCUT2D eigenvalue weighted by Crippen LogP contribution is 2.40. The molecule has 0 bridgehead atoms. The van der Waals surface area contributed by atoms with Crippen molar-refractivity contribution in [1.82, 2.24) is 14.8 Å². The Morgan fingerprint density at radius 1 is 1.19 bits per heavy atom. The Morgan fingerprint density at radius 3 is 2.56 bits per heavy atom. The SMILES string of the molecule is CCOP(OCC)n1nnc2ccccc21. The minimum Gasteiger partial charge on any atom is -0.317 e. The second-order valence-electron chi connectivity index (χ2n) is 3.04. The molecule has 0 aliphatic heterocycles. The fourth-order valence-electron chi connectivity index (χ4n) is 1.34. The van der Waals surface area contributed by atoms with Crippen LogP contribution in [0.25, 0.3) is 11.0 Å². The van der Waals surface area contributed by atoms with Crippen LogP contribution < -0.4 is 0 Å². The van der Waals surface area contributed by atoms with Crippen LogP contribution in [0.1, 0.15) is 13.8 Å². The Morgan fingerprint density at radius 2 is 1.88 bits per heavy atom. The first-order valence-corrected chi connectivity index (χ1v) is 6.36. The molecule has 1 heterocycles. The summed E-state index contributed by atoms with van der Waals surface area (Å²) in [5.41, 5.74) is 1.80. The molecule has 0 unspecified atom stereocenters. The van der Waals surface area contributed by atoms with Crippen LogP contribution in [0.4, 0.5) is 0 Å². The van der Waals surface area contributed by atoms with E-state index < -0.39 is 8.53 Å². The van der Waals surface area contributed by atoms with Gasteiger partial charge >= 0.3 is 8.53 Å². The third kappa shape index (κ3) is 2.21. The summed E-state index contributed by atoms with van der Waals surface area (Å²) in [6.07, 6.45) is 0. The molecule has 0 fully saturated rings. The van der Waals surface area contributed by atoms with Gasteiger partial charge in [-0.1, -0.05) is 17.3 Å². The smallest absolute Gasteiger partial charge is 0.313 e. The van der Waals surface area contributed by atoms with E-state index in [-0.39, 0.29) is 0 Å². The number of para-hydroxylation sites is 1. The highest BCUT2D eigenvalue weighted by atomic mass is 31.2. The summed E-state index contributed by atoms with van der Waals surface area (Å²) in [6, 6.07) is 7.77. The number of benzene rings is 1. The molecule has 2 rings (SSSR count). The van der Waals surface area contributed by atoms with Crippen molar-refractivity contribution in [1.29, 1.82) is 0 Å². The summed E-state index contributed by atoms with van der Waals surface area (Å²) in [4.78, 5) is 0. The fraction of sp³-hybridized carbons (Fsp3) is 0.400. The molecule has 0 spiro atoms. The monoisotopic (exact) mass is 239 g/mol. The number of nitrogens with zero attached hydrogens (tertiary/aromatic N) is 3. The summed E-state index contributed by atoms with van der Waals surface area (Å²) in [5, 5.41) is 8.15. The van der Waals surface area contributed by atoms with E-state index in [1.165, 1.54) is 0 Å². The second-order valence-corrected chi connectivity index (χ2v) is 4.41. The minimum atomic E-state index is -1.18. The molecule has 0 saturated carbocycles. The van der Waals surface area contributed by atoms with Gasteiger partial charge < -0.3 is 9.05 Å². The molecule has 0 N–H and O–H groups in total. The Bertz CT molecular complexity index is 454. The third-order valence-electron chi connectivity index (χ3n) is 1.97. The van der Waals surface area contributed by atoms with E-state index >= 15 is 0 Å². The van der Waals surface area contributed by atoms with Gasteiger partial charge in [0.1, 0.15) is 5.52 Å². The van der Waals surface area contributed by atoms with E-state index in [9.17, 15) is 0 Å². The second kappa shape index (κ2) is 5.34. The van der Waals surface area contributed by atoms with Gasteiger partial charge in [-0.15, -0.1) is 5.10 Å². The Labute approximate surface area is 95.3 Å². The largest absolute Gasteiger partial charge is 0.317 e. The van der Waals surface area contributed by atoms with Crippen molar-refractivity contribution in [2.75, 3.05) is 13.2 Å². The van der Waals surface area contributed by atoms with Crippen molar-refractivity contribution in [2.24, 2.45) is 0 Å². The summed E-state index contributed by atoms with van der Waals surface area (Å²) >= 11 is 0. The molecule has 16 heavy (non-hydrogen) atoms. The predicted molar refractivity (Wildman–Crippen MR) is 63.1 cm³/mol. The topological polar surface area (TPSA) is 49.2 Å². The first kappa shape index (κ1) is 11.5. The average molecular weight is 239 g/mol. The van der Waals surface area contributed by atoms with Gasteiger partial charge in [0.05, 0.1) is 18.7 Å². The van der Waals surface area contributed by atoms with E-state index in [0.717, 1.165) is 11.0 Å². The van der Waals surface area contributed by atoms with Crippen LogP contribution in [-0.4, -0.2) is 28.0 Å². The number of rotatable bonds is 5. The quantitative estimate of drug-likeness (QED) is 0.752. The molecule has 0 aliphatic rings. The molecule has 6 heteroatoms. The van der Waals surface area contributed by atoms with Crippen molar-refractivity contribution in [2.45, 2.75) is 13.8 Å². The zero-order chi connectivity index (χ0) is 11.4. The van der Waals surface area contributed by atoms with Crippen LogP contribution in [0.5, 0.6) is 0 Å². The maximum atomic E-state index is 5.54. The normalized spacial score (nSPS) is 11.4. The molecule has 2 aromatic rings. The van der Waals surface area contributed by atoms with E-state index in [2.05, 4.69) is 10.3 Å². The zero-order valence-electron chi connectivity index (χ0n) is 9.33. The molecule has 0 amide bonds. The van der Waals surface area contributed by atoms with Crippen LogP contribution in [0.2, 0.25) is 0 Å². The van der Waals surface area contributed by atoms with E-state index in [4.69, 9.17) is 9.05 Å². The Kier molecular flexibility index (Phi) is 3.83. The maximum absolute atomic E-state index is 5.54. The number of hydrogen-bond donors (Lipinski definition) is 0. The third-order valence-corrected chi connectivity index (χ3v) is 3.53. The number of aromatic nitrogens is 3. The van der Waals surface area contributed by atoms with Crippen molar-refractivity contribution in [3.05, 3.63) is 24.3 Å². The molecule has 1 aromatic heterocycles. The minimum absolute atomic E-state index is 0.597. The standard InChI is InChI=1S/C10H14N3O2P/c1-3-14-16(15-4-2)13-10-8-6-5-7-9(10)11-12-13/h5-8H,3-4H2,1-2H3. The van der Waals surface area contributed by atoms with Crippen LogP contribution in [0.15, 0.2) is 24.3 Å². The van der Waals surface area contributed by atoms with E-state index in [0.29, 0.717) is 13.2 Å². The maximum Gasteiger partial charge on any atom is 0.313 e. The highest BCUT2D eigenvalue weighted by molar-refractivity contribution is 7.45. The van der Waals surface area contributed by atoms with Crippen LogP contribution in [0.3, 0.4) is 0 Å². The van der Waals surface area contributed by atoms with Gasteiger partial charge in [-0.05, 0) is 26.0 Å². The lowest BCUT2D eigenvalue weighted by molar-refractivity contribution is 0.260. The van der Waals surface area contributed by atoms with Gasteiger partial charge in [0.25, 0.3) is 0 Å². The Hall–Kier alpha value is -1.03. The Balaban J connectivity index is 2.36. The lowest BCUT2D eigenvalue weighted by Gasteiger charge is -2.14. The number of fused-ring (bicyclic) bond motifs is 1. The summed E-state index contributed by atoms with van der Waals surface area (Å²) in [7, 11) is -1.18. The van der Waals surface area contributed by atoms with Gasteiger partial charge in [0, 0.05) is 0 Å². The first-order valence-electron chi connectivity index (χ1n) is 5.23. The summed E-state index contributed by atoms with van der Waals surface area (Å²) in [5.74, 6) is 0. The molecule has 86 valence electrons. The van der Waals surface area contributed by atoms with Gasteiger partial charge in [-0.3, -0.25) is 0 Å². The molecule has 0 atom stereocenters. The lowest BCUT2D eigenvalue weighted by Crippen LogP contribution is -2.01. The fourth-order valence-corrected chi connectivity index (χ4v) is 2.53. The van der Waals surface area contributed by atoms with E-state index in [1.54, 1.807) is 4.45 Å². The lowest BCUT2D eigenvalue weighted by atomic mass is 10.3. The predicted octanol–water partition coefficient (Wildman–Crippen LogP) is 2.58. The molecule has 5 nitrogen and oxygen atoms in total. The van der Waals surface area contributed by atoms with Crippen molar-refractivity contribution >= 4 is 19.6 Å². The van der Waals surface area contributed by atoms with Gasteiger partial charge in [-0.25, -0.2) is 0 Å². The van der Waals surface area contributed by atoms with Gasteiger partial charge in [0.2, 0.25) is 0 Å². The molecule has 1 aromatic carbocycles. The van der Waals surface area contributed by atoms with Crippen LogP contribution >= 0.6 is 8.53 Å². The molecular weight excluding hydrogens is 225 g/mol. The average Bonchev–Trinajstić information content (AvgIpc) is 2.72. The first-order chi connectivity index (χ1) is 7.86. The van der Waals surface area contributed by atoms with Crippen LogP contribution in [0, 0.1) is 0 Å². The van der Waals surface area contributed by atoms with Crippen molar-refractivity contribution in [3.8, 4) is 0 Å². The van der Waals surface area contributed by atoms with Gasteiger partial charge in [0.15, 0.2) is 0 Å². The molecule has 0 radical (unpaired) electrons. The highest BCUT2D eigenvalue weighted by Gasteiger charge is 2.17. The van der Waals surface area contributed by atoms with Crippen molar-refractivity contribution in [3.63, 3.8) is 0 Å². The molecule has 0 saturated heterocycles. The number of hydrogen-bond acceptors (Lipinski definition) is 4. The molecule has 0 aliphatic carbocycles.